The second-order valence-corrected chi connectivity index (χ2v) is 6.47. The van der Waals surface area contributed by atoms with Gasteiger partial charge in [0, 0.05) is 12.1 Å². The van der Waals surface area contributed by atoms with Crippen LogP contribution in [0.2, 0.25) is 0 Å². The van der Waals surface area contributed by atoms with E-state index in [-0.39, 0.29) is 11.4 Å². The first-order valence-electron chi connectivity index (χ1n) is 7.47. The molecule has 1 N–H and O–H groups in total. The lowest BCUT2D eigenvalue weighted by Gasteiger charge is -2.26. The van der Waals surface area contributed by atoms with Crippen LogP contribution in [0, 0.1) is 22.0 Å². The molecular formula is C16H14N2O6. The third-order valence-corrected chi connectivity index (χ3v) is 5.12. The third kappa shape index (κ3) is 1.64. The number of hydrogen-bond acceptors (Lipinski definition) is 6. The van der Waals surface area contributed by atoms with E-state index < -0.39 is 46.4 Å². The van der Waals surface area contributed by atoms with Crippen LogP contribution in [0.25, 0.3) is 0 Å². The Hall–Kier alpha value is -2.58. The highest BCUT2D eigenvalue weighted by Gasteiger charge is 2.72. The number of fused-ring (bicyclic) bond motifs is 5. The number of rotatable bonds is 3. The van der Waals surface area contributed by atoms with E-state index in [1.54, 1.807) is 19.1 Å². The molecule has 124 valence electrons. The number of nitrogens with zero attached hydrogens (tertiary/aromatic N) is 2. The summed E-state index contributed by atoms with van der Waals surface area (Å²) < 4.78 is 5.82. The van der Waals surface area contributed by atoms with E-state index in [0.717, 1.165) is 4.90 Å². The summed E-state index contributed by atoms with van der Waals surface area (Å²) in [5.74, 6) is -2.38. The summed E-state index contributed by atoms with van der Waals surface area (Å²) in [6, 6.07) is 5.24. The van der Waals surface area contributed by atoms with Gasteiger partial charge in [-0.05, 0) is 19.1 Å². The van der Waals surface area contributed by atoms with E-state index in [2.05, 4.69) is 0 Å². The quantitative estimate of drug-likeness (QED) is 0.380. The van der Waals surface area contributed by atoms with Gasteiger partial charge in [-0.1, -0.05) is 12.2 Å². The molecule has 0 unspecified atom stereocenters. The van der Waals surface area contributed by atoms with Gasteiger partial charge in [-0.25, -0.2) is 4.90 Å². The monoisotopic (exact) mass is 330 g/mol. The van der Waals surface area contributed by atoms with Crippen molar-refractivity contribution in [2.24, 2.45) is 11.8 Å². The van der Waals surface area contributed by atoms with Crippen molar-refractivity contribution in [3.05, 3.63) is 46.5 Å². The molecule has 4 rings (SSSR count). The van der Waals surface area contributed by atoms with Gasteiger partial charge in [-0.3, -0.25) is 19.7 Å². The number of hydrogen-bond donors (Lipinski definition) is 1. The molecule has 0 radical (unpaired) electrons. The first kappa shape index (κ1) is 15.0. The van der Waals surface area contributed by atoms with Gasteiger partial charge in [-0.2, -0.15) is 0 Å². The number of carbonyl (C=O) groups excluding carboxylic acids is 2. The zero-order valence-corrected chi connectivity index (χ0v) is 12.7. The van der Waals surface area contributed by atoms with Gasteiger partial charge in [0.15, 0.2) is 0 Å². The second-order valence-electron chi connectivity index (χ2n) is 6.47. The average molecular weight is 330 g/mol. The summed E-state index contributed by atoms with van der Waals surface area (Å²) in [7, 11) is 0. The zero-order chi connectivity index (χ0) is 17.3. The van der Waals surface area contributed by atoms with E-state index in [1.807, 2.05) is 0 Å². The van der Waals surface area contributed by atoms with Crippen molar-refractivity contribution < 1.29 is 24.4 Å². The summed E-state index contributed by atoms with van der Waals surface area (Å²) in [4.78, 5) is 36.9. The molecule has 2 bridgehead atoms. The van der Waals surface area contributed by atoms with Crippen LogP contribution >= 0.6 is 0 Å². The Bertz CT molecular complexity index is 803. The molecule has 3 aliphatic rings. The summed E-state index contributed by atoms with van der Waals surface area (Å²) in [5, 5.41) is 20.5. The molecule has 0 saturated carbocycles. The Morgan fingerprint density at radius 1 is 1.21 bits per heavy atom. The van der Waals surface area contributed by atoms with Gasteiger partial charge in [-0.15, -0.1) is 0 Å². The molecule has 3 heterocycles. The molecule has 0 aliphatic carbocycles. The molecule has 3 aliphatic heterocycles. The highest BCUT2D eigenvalue weighted by Crippen LogP contribution is 2.57. The number of nitro groups is 1. The van der Waals surface area contributed by atoms with E-state index in [0.29, 0.717) is 0 Å². The van der Waals surface area contributed by atoms with Gasteiger partial charge in [0.1, 0.15) is 5.60 Å². The standard InChI is InChI=1S/C16H14N2O6/c1-15-6-7-16(8-19,24-15)12-11(15)13(20)17(14(12)21)9-2-4-10(5-3-9)18(22)23/h2-7,11-12,19H,8H2,1H3/t11-,12+,15-,16-/m0/s1. The van der Waals surface area contributed by atoms with Gasteiger partial charge < -0.3 is 9.84 Å². The number of non-ortho nitro benzene ring substituents is 1. The van der Waals surface area contributed by atoms with Crippen molar-refractivity contribution >= 4 is 23.2 Å². The molecule has 0 aromatic heterocycles. The number of ether oxygens (including phenoxy) is 1. The molecule has 0 spiro atoms. The normalized spacial score (nSPS) is 36.5. The van der Waals surface area contributed by atoms with E-state index >= 15 is 0 Å². The van der Waals surface area contributed by atoms with Gasteiger partial charge >= 0.3 is 0 Å². The SMILES string of the molecule is C[C@@]12C=C[C@@](CO)(O1)[C@H]1C(=O)N(c3ccc([N+](=O)[O-])cc3)C(=O)[C@H]12. The van der Waals surface area contributed by atoms with Crippen molar-refractivity contribution in [3.63, 3.8) is 0 Å². The summed E-state index contributed by atoms with van der Waals surface area (Å²) in [6.07, 6.45) is 3.37. The van der Waals surface area contributed by atoms with Crippen LogP contribution in [0.1, 0.15) is 6.92 Å². The summed E-state index contributed by atoms with van der Waals surface area (Å²) >= 11 is 0. The fourth-order valence-corrected chi connectivity index (χ4v) is 4.02. The predicted octanol–water partition coefficient (Wildman–Crippen LogP) is 0.790. The predicted molar refractivity (Wildman–Crippen MR) is 81.0 cm³/mol. The number of anilines is 1. The fourth-order valence-electron chi connectivity index (χ4n) is 4.02. The lowest BCUT2D eigenvalue weighted by Crippen LogP contribution is -2.43. The highest BCUT2D eigenvalue weighted by molar-refractivity contribution is 6.23. The zero-order valence-electron chi connectivity index (χ0n) is 12.7. The Morgan fingerprint density at radius 3 is 2.42 bits per heavy atom. The number of carbonyl (C=O) groups is 2. The number of aliphatic hydroxyl groups is 1. The Balaban J connectivity index is 1.75. The van der Waals surface area contributed by atoms with Gasteiger partial charge in [0.05, 0.1) is 34.7 Å². The fraction of sp³-hybridized carbons (Fsp3) is 0.375. The Labute approximate surface area is 136 Å². The van der Waals surface area contributed by atoms with Crippen LogP contribution in [0.5, 0.6) is 0 Å². The molecule has 2 saturated heterocycles. The van der Waals surface area contributed by atoms with Crippen molar-refractivity contribution in [2.75, 3.05) is 11.5 Å². The highest BCUT2D eigenvalue weighted by atomic mass is 16.6. The lowest BCUT2D eigenvalue weighted by molar-refractivity contribution is -0.384. The van der Waals surface area contributed by atoms with Crippen LogP contribution in [0.4, 0.5) is 11.4 Å². The molecule has 2 amide bonds. The van der Waals surface area contributed by atoms with Crippen LogP contribution in [-0.2, 0) is 14.3 Å². The van der Waals surface area contributed by atoms with Gasteiger partial charge in [0.2, 0.25) is 11.8 Å². The minimum absolute atomic E-state index is 0.123. The van der Waals surface area contributed by atoms with Crippen molar-refractivity contribution in [3.8, 4) is 0 Å². The Kier molecular flexibility index (Phi) is 2.80. The number of imide groups is 1. The minimum atomic E-state index is -1.18. The maximum absolute atomic E-state index is 12.9. The van der Waals surface area contributed by atoms with Crippen molar-refractivity contribution in [1.82, 2.24) is 0 Å². The number of benzene rings is 1. The maximum atomic E-state index is 12.9. The average Bonchev–Trinajstić information content (AvgIpc) is 3.14. The first-order valence-corrected chi connectivity index (χ1v) is 7.47. The third-order valence-electron chi connectivity index (χ3n) is 5.12. The minimum Gasteiger partial charge on any atom is -0.393 e. The summed E-state index contributed by atoms with van der Waals surface area (Å²) in [5.41, 5.74) is -1.96. The number of nitro benzene ring substituents is 1. The van der Waals surface area contributed by atoms with E-state index in [9.17, 15) is 24.8 Å². The molecular weight excluding hydrogens is 316 g/mol. The second kappa shape index (κ2) is 4.49. The largest absolute Gasteiger partial charge is 0.393 e. The van der Waals surface area contributed by atoms with E-state index in [4.69, 9.17) is 4.74 Å². The molecule has 24 heavy (non-hydrogen) atoms. The topological polar surface area (TPSA) is 110 Å². The van der Waals surface area contributed by atoms with Crippen molar-refractivity contribution in [2.45, 2.75) is 18.1 Å². The molecule has 1 aromatic carbocycles. The number of aliphatic hydroxyl groups excluding tert-OH is 1. The van der Waals surface area contributed by atoms with Crippen molar-refractivity contribution in [1.29, 1.82) is 0 Å². The van der Waals surface area contributed by atoms with Gasteiger partial charge in [0.25, 0.3) is 5.69 Å². The lowest BCUT2D eigenvalue weighted by atomic mass is 9.73. The molecule has 2 fully saturated rings. The van der Waals surface area contributed by atoms with Crippen LogP contribution in [0.3, 0.4) is 0 Å². The molecule has 1 aromatic rings. The molecule has 8 nitrogen and oxygen atoms in total. The van der Waals surface area contributed by atoms with E-state index in [1.165, 1.54) is 24.3 Å². The van der Waals surface area contributed by atoms with Crippen LogP contribution < -0.4 is 4.90 Å². The Morgan fingerprint density at radius 2 is 1.83 bits per heavy atom. The summed E-state index contributed by atoms with van der Waals surface area (Å²) in [6.45, 7) is 1.32. The molecule has 8 heteroatoms. The van der Waals surface area contributed by atoms with Crippen LogP contribution in [-0.4, -0.2) is 39.7 Å². The van der Waals surface area contributed by atoms with Crippen LogP contribution in [0.15, 0.2) is 36.4 Å². The maximum Gasteiger partial charge on any atom is 0.269 e. The molecule has 4 atom stereocenters. The first-order chi connectivity index (χ1) is 11.3. The number of amides is 2. The smallest absolute Gasteiger partial charge is 0.269 e.